The highest BCUT2D eigenvalue weighted by Gasteiger charge is 2.28. The van der Waals surface area contributed by atoms with Gasteiger partial charge in [-0.05, 0) is 38.0 Å². The highest BCUT2D eigenvalue weighted by molar-refractivity contribution is 5.79. The number of carbonyl (C=O) groups is 1. The monoisotopic (exact) mass is 292 g/mol. The molecular weight excluding hydrogens is 275 g/mol. The third kappa shape index (κ3) is 2.94. The summed E-state index contributed by atoms with van der Waals surface area (Å²) in [6.45, 7) is 4.92. The molecular formula is C15H17FN2O3. The number of nitrogens with zero attached hydrogens (tertiary/aromatic N) is 1. The lowest BCUT2D eigenvalue weighted by Gasteiger charge is -2.19. The Morgan fingerprint density at radius 2 is 2.10 bits per heavy atom. The maximum atomic E-state index is 14.2. The first-order chi connectivity index (χ1) is 9.74. The van der Waals surface area contributed by atoms with E-state index in [1.807, 2.05) is 6.92 Å². The number of benzene rings is 1. The van der Waals surface area contributed by atoms with E-state index in [4.69, 9.17) is 5.11 Å². The van der Waals surface area contributed by atoms with E-state index in [0.29, 0.717) is 17.8 Å². The molecule has 112 valence electrons. The quantitative estimate of drug-likeness (QED) is 0.905. The van der Waals surface area contributed by atoms with Crippen LogP contribution in [-0.2, 0) is 17.6 Å². The van der Waals surface area contributed by atoms with Crippen LogP contribution in [0.3, 0.4) is 0 Å². The summed E-state index contributed by atoms with van der Waals surface area (Å²) < 4.78 is 14.2. The van der Waals surface area contributed by atoms with Gasteiger partial charge in [-0.3, -0.25) is 9.59 Å². The predicted octanol–water partition coefficient (Wildman–Crippen LogP) is 2.28. The Labute approximate surface area is 120 Å². The second kappa shape index (κ2) is 5.27. The molecule has 0 unspecified atom stereocenters. The number of rotatable bonds is 4. The molecule has 1 aromatic carbocycles. The Hall–Kier alpha value is -2.24. The lowest BCUT2D eigenvalue weighted by Crippen LogP contribution is -2.26. The van der Waals surface area contributed by atoms with E-state index in [2.05, 4.69) is 9.97 Å². The minimum absolute atomic E-state index is 0.0208. The molecule has 1 aromatic heterocycles. The van der Waals surface area contributed by atoms with Crippen molar-refractivity contribution < 1.29 is 14.3 Å². The third-order valence-corrected chi connectivity index (χ3v) is 3.43. The van der Waals surface area contributed by atoms with Crippen molar-refractivity contribution in [1.82, 2.24) is 9.97 Å². The van der Waals surface area contributed by atoms with Gasteiger partial charge < -0.3 is 10.1 Å². The predicted molar refractivity (Wildman–Crippen MR) is 76.8 cm³/mol. The van der Waals surface area contributed by atoms with Crippen LogP contribution in [0.5, 0.6) is 0 Å². The molecule has 0 radical (unpaired) electrons. The second-order valence-corrected chi connectivity index (χ2v) is 5.71. The van der Waals surface area contributed by atoms with Gasteiger partial charge in [0.2, 0.25) is 0 Å². The van der Waals surface area contributed by atoms with Gasteiger partial charge in [-0.2, -0.15) is 0 Å². The number of carboxylic acid groups (broad SMARTS) is 1. The normalized spacial score (nSPS) is 11.8. The Kier molecular flexibility index (Phi) is 3.80. The SMILES string of the molecule is CCc1nc2c(F)cc(CC(C)(C)C(=O)O)cc2c(=O)[nH]1. The molecule has 2 rings (SSSR count). The Balaban J connectivity index is 2.58. The van der Waals surface area contributed by atoms with Crippen molar-refractivity contribution in [3.8, 4) is 0 Å². The molecule has 21 heavy (non-hydrogen) atoms. The third-order valence-electron chi connectivity index (χ3n) is 3.43. The van der Waals surface area contributed by atoms with Gasteiger partial charge in [0, 0.05) is 6.42 Å². The molecule has 0 saturated heterocycles. The van der Waals surface area contributed by atoms with Gasteiger partial charge in [-0.15, -0.1) is 0 Å². The summed E-state index contributed by atoms with van der Waals surface area (Å²) in [4.78, 5) is 29.8. The van der Waals surface area contributed by atoms with Crippen LogP contribution in [0.2, 0.25) is 0 Å². The largest absolute Gasteiger partial charge is 0.481 e. The van der Waals surface area contributed by atoms with Gasteiger partial charge in [-0.1, -0.05) is 6.92 Å². The van der Waals surface area contributed by atoms with E-state index in [0.717, 1.165) is 0 Å². The van der Waals surface area contributed by atoms with Gasteiger partial charge in [0.05, 0.1) is 10.8 Å². The standard InChI is InChI=1S/C15H17FN2O3/c1-4-11-17-12-9(13(19)18-11)5-8(6-10(12)16)7-15(2,3)14(20)21/h5-6H,4,7H2,1-3H3,(H,20,21)(H,17,18,19). The zero-order chi connectivity index (χ0) is 15.8. The fourth-order valence-electron chi connectivity index (χ4n) is 2.16. The molecule has 1 heterocycles. The summed E-state index contributed by atoms with van der Waals surface area (Å²) in [6, 6.07) is 2.76. The van der Waals surface area contributed by atoms with Crippen molar-refractivity contribution in [3.05, 3.63) is 39.7 Å². The van der Waals surface area contributed by atoms with Crippen LogP contribution in [0, 0.1) is 11.2 Å². The summed E-state index contributed by atoms with van der Waals surface area (Å²) in [7, 11) is 0. The maximum Gasteiger partial charge on any atom is 0.309 e. The molecule has 0 aliphatic rings. The first kappa shape index (κ1) is 15.2. The van der Waals surface area contributed by atoms with Crippen LogP contribution in [-0.4, -0.2) is 21.0 Å². The summed E-state index contributed by atoms with van der Waals surface area (Å²) in [6.07, 6.45) is 0.628. The zero-order valence-electron chi connectivity index (χ0n) is 12.2. The van der Waals surface area contributed by atoms with Crippen molar-refractivity contribution in [3.63, 3.8) is 0 Å². The van der Waals surface area contributed by atoms with E-state index >= 15 is 0 Å². The van der Waals surface area contributed by atoms with Gasteiger partial charge in [0.15, 0.2) is 0 Å². The number of hydrogen-bond acceptors (Lipinski definition) is 3. The van der Waals surface area contributed by atoms with Gasteiger partial charge in [0.25, 0.3) is 5.56 Å². The van der Waals surface area contributed by atoms with Crippen LogP contribution in [0.25, 0.3) is 10.9 Å². The van der Waals surface area contributed by atoms with Crippen molar-refractivity contribution >= 4 is 16.9 Å². The molecule has 0 atom stereocenters. The van der Waals surface area contributed by atoms with Crippen LogP contribution in [0.15, 0.2) is 16.9 Å². The number of nitrogens with one attached hydrogen (secondary N) is 1. The number of carboxylic acids is 1. The molecule has 6 heteroatoms. The average molecular weight is 292 g/mol. The lowest BCUT2D eigenvalue weighted by atomic mass is 9.85. The van der Waals surface area contributed by atoms with Crippen molar-refractivity contribution in [2.75, 3.05) is 0 Å². The summed E-state index contributed by atoms with van der Waals surface area (Å²) in [5.74, 6) is -1.16. The topological polar surface area (TPSA) is 83.0 Å². The molecule has 0 bridgehead atoms. The van der Waals surface area contributed by atoms with Crippen molar-refractivity contribution in [2.45, 2.75) is 33.6 Å². The number of aromatic nitrogens is 2. The molecule has 0 fully saturated rings. The number of H-pyrrole nitrogens is 1. The zero-order valence-corrected chi connectivity index (χ0v) is 12.2. The first-order valence-electron chi connectivity index (χ1n) is 6.69. The fourth-order valence-corrected chi connectivity index (χ4v) is 2.16. The molecule has 2 N–H and O–H groups in total. The van der Waals surface area contributed by atoms with Crippen molar-refractivity contribution in [1.29, 1.82) is 0 Å². The molecule has 5 nitrogen and oxygen atoms in total. The molecule has 2 aromatic rings. The van der Waals surface area contributed by atoms with Gasteiger partial charge in [-0.25, -0.2) is 9.37 Å². The minimum atomic E-state index is -1.04. The van der Waals surface area contributed by atoms with Crippen LogP contribution < -0.4 is 5.56 Å². The minimum Gasteiger partial charge on any atom is -0.481 e. The Bertz CT molecular complexity index is 765. The van der Waals surface area contributed by atoms with E-state index in [1.165, 1.54) is 12.1 Å². The summed E-state index contributed by atoms with van der Waals surface area (Å²) in [5.41, 5.74) is -0.967. The Morgan fingerprint density at radius 1 is 1.43 bits per heavy atom. The molecule has 0 amide bonds. The maximum absolute atomic E-state index is 14.2. The number of fused-ring (bicyclic) bond motifs is 1. The van der Waals surface area contributed by atoms with E-state index in [1.54, 1.807) is 13.8 Å². The molecule has 0 aliphatic heterocycles. The molecule has 0 aliphatic carbocycles. The van der Waals surface area contributed by atoms with Gasteiger partial charge >= 0.3 is 5.97 Å². The Morgan fingerprint density at radius 3 is 2.67 bits per heavy atom. The number of aliphatic carboxylic acids is 1. The van der Waals surface area contributed by atoms with E-state index < -0.39 is 22.8 Å². The fraction of sp³-hybridized carbons (Fsp3) is 0.400. The molecule has 0 spiro atoms. The number of hydrogen-bond donors (Lipinski definition) is 2. The number of halogens is 1. The van der Waals surface area contributed by atoms with Crippen LogP contribution in [0.4, 0.5) is 4.39 Å². The first-order valence-corrected chi connectivity index (χ1v) is 6.69. The number of aryl methyl sites for hydroxylation is 1. The summed E-state index contributed by atoms with van der Waals surface area (Å²) >= 11 is 0. The van der Waals surface area contributed by atoms with Crippen LogP contribution in [0.1, 0.15) is 32.2 Å². The highest BCUT2D eigenvalue weighted by atomic mass is 19.1. The van der Waals surface area contributed by atoms with Crippen molar-refractivity contribution in [2.24, 2.45) is 5.41 Å². The number of aromatic amines is 1. The highest BCUT2D eigenvalue weighted by Crippen LogP contribution is 2.25. The average Bonchev–Trinajstić information content (AvgIpc) is 2.39. The smallest absolute Gasteiger partial charge is 0.309 e. The molecule has 0 saturated carbocycles. The lowest BCUT2D eigenvalue weighted by molar-refractivity contribution is -0.146. The van der Waals surface area contributed by atoms with E-state index in [-0.39, 0.29) is 17.3 Å². The summed E-state index contributed by atoms with van der Waals surface area (Å²) in [5, 5.41) is 9.28. The van der Waals surface area contributed by atoms with Gasteiger partial charge in [0.1, 0.15) is 17.2 Å². The second-order valence-electron chi connectivity index (χ2n) is 5.71. The van der Waals surface area contributed by atoms with E-state index in [9.17, 15) is 14.0 Å². The van der Waals surface area contributed by atoms with Crippen LogP contribution >= 0.6 is 0 Å².